The summed E-state index contributed by atoms with van der Waals surface area (Å²) in [6, 6.07) is 5.01. The van der Waals surface area contributed by atoms with Crippen LogP contribution in [0.5, 0.6) is 5.75 Å². The maximum Gasteiger partial charge on any atom is 0.527 e. The van der Waals surface area contributed by atoms with E-state index in [1.54, 1.807) is 12.1 Å². The van der Waals surface area contributed by atoms with E-state index in [4.69, 9.17) is 20.3 Å². The average molecular weight is 275 g/mol. The third-order valence-electron chi connectivity index (χ3n) is 2.15. The van der Waals surface area contributed by atoms with Crippen LogP contribution in [0.2, 0.25) is 0 Å². The maximum absolute atomic E-state index is 11.1. The van der Waals surface area contributed by atoms with Gasteiger partial charge in [0.25, 0.3) is 0 Å². The number of benzene rings is 1. The Morgan fingerprint density at radius 1 is 1.44 bits per heavy atom. The van der Waals surface area contributed by atoms with Gasteiger partial charge in [0.1, 0.15) is 11.8 Å². The van der Waals surface area contributed by atoms with Gasteiger partial charge in [-0.3, -0.25) is 14.2 Å². The predicted molar refractivity (Wildman–Crippen MR) is 63.2 cm³/mol. The molecule has 18 heavy (non-hydrogen) atoms. The largest absolute Gasteiger partial charge is 0.527 e. The van der Waals surface area contributed by atoms with E-state index in [0.717, 1.165) is 7.11 Å². The quantitative estimate of drug-likeness (QED) is 0.656. The van der Waals surface area contributed by atoms with E-state index in [1.165, 1.54) is 12.1 Å². The fourth-order valence-electron chi connectivity index (χ4n) is 1.20. The Bertz CT molecular complexity index is 460. The van der Waals surface area contributed by atoms with Crippen LogP contribution in [0, 0.1) is 0 Å². The lowest BCUT2D eigenvalue weighted by atomic mass is 10.1. The molecule has 1 unspecified atom stereocenters. The van der Waals surface area contributed by atoms with Crippen LogP contribution in [-0.2, 0) is 20.3 Å². The van der Waals surface area contributed by atoms with Crippen molar-refractivity contribution in [1.82, 2.24) is 0 Å². The van der Waals surface area contributed by atoms with E-state index in [-0.39, 0.29) is 12.2 Å². The van der Waals surface area contributed by atoms with Crippen LogP contribution in [0.1, 0.15) is 5.56 Å². The zero-order chi connectivity index (χ0) is 13.8. The van der Waals surface area contributed by atoms with Gasteiger partial charge in [-0.1, -0.05) is 12.1 Å². The molecule has 1 aromatic carbocycles. The van der Waals surface area contributed by atoms with Crippen LogP contribution >= 0.6 is 7.82 Å². The Morgan fingerprint density at radius 2 is 2.00 bits per heavy atom. The van der Waals surface area contributed by atoms with Crippen LogP contribution < -0.4 is 10.3 Å². The number of phosphoric acid groups is 1. The second kappa shape index (κ2) is 5.97. The standard InChI is InChI=1S/C10H14NO6P/c1-16-18(14,15)17-8-4-2-7(3-5-8)6-9(11)10(12)13/h2-5,9H,6,11H2,1H3,(H,12,13)(H,14,15)/t9-/m0/s1. The summed E-state index contributed by atoms with van der Waals surface area (Å²) in [6.07, 6.45) is 0.163. The number of carboxylic acids is 1. The monoisotopic (exact) mass is 275 g/mol. The van der Waals surface area contributed by atoms with Gasteiger partial charge in [0.15, 0.2) is 0 Å². The second-order valence-electron chi connectivity index (χ2n) is 3.54. The molecule has 0 radical (unpaired) electrons. The molecule has 0 bridgehead atoms. The van der Waals surface area contributed by atoms with Gasteiger partial charge in [-0.2, -0.15) is 0 Å². The van der Waals surface area contributed by atoms with Crippen LogP contribution in [0.4, 0.5) is 0 Å². The molecule has 0 amide bonds. The summed E-state index contributed by atoms with van der Waals surface area (Å²) in [4.78, 5) is 19.6. The van der Waals surface area contributed by atoms with Gasteiger partial charge in [-0.05, 0) is 24.1 Å². The van der Waals surface area contributed by atoms with Gasteiger partial charge >= 0.3 is 13.8 Å². The molecule has 2 atom stereocenters. The molecule has 100 valence electrons. The molecule has 8 heteroatoms. The van der Waals surface area contributed by atoms with Crippen molar-refractivity contribution in [3.63, 3.8) is 0 Å². The smallest absolute Gasteiger partial charge is 0.480 e. The van der Waals surface area contributed by atoms with E-state index < -0.39 is 19.8 Å². The summed E-state index contributed by atoms with van der Waals surface area (Å²) in [5.74, 6) is -0.940. The van der Waals surface area contributed by atoms with Crippen molar-refractivity contribution in [3.05, 3.63) is 29.8 Å². The van der Waals surface area contributed by atoms with Crippen molar-refractivity contribution in [2.45, 2.75) is 12.5 Å². The Kier molecular flexibility index (Phi) is 4.86. The fourth-order valence-corrected chi connectivity index (χ4v) is 1.66. The Balaban J connectivity index is 2.69. The highest BCUT2D eigenvalue weighted by atomic mass is 31.2. The van der Waals surface area contributed by atoms with Crippen LogP contribution in [0.25, 0.3) is 0 Å². The lowest BCUT2D eigenvalue weighted by molar-refractivity contribution is -0.138. The summed E-state index contributed by atoms with van der Waals surface area (Å²) in [7, 11) is -3.02. The van der Waals surface area contributed by atoms with Gasteiger partial charge in [-0.25, -0.2) is 4.57 Å². The number of rotatable bonds is 6. The average Bonchev–Trinajstić information content (AvgIpc) is 2.31. The van der Waals surface area contributed by atoms with Gasteiger partial charge in [0.05, 0.1) is 0 Å². The van der Waals surface area contributed by atoms with Crippen molar-refractivity contribution < 1.29 is 28.4 Å². The molecule has 0 fully saturated rings. The molecule has 1 rings (SSSR count). The first kappa shape index (κ1) is 14.7. The number of phosphoric ester groups is 1. The first-order valence-electron chi connectivity index (χ1n) is 4.99. The van der Waals surface area contributed by atoms with Gasteiger partial charge < -0.3 is 15.4 Å². The molecular weight excluding hydrogens is 261 g/mol. The fraction of sp³-hybridized carbons (Fsp3) is 0.300. The first-order chi connectivity index (χ1) is 8.34. The molecule has 0 spiro atoms. The minimum Gasteiger partial charge on any atom is -0.480 e. The molecule has 4 N–H and O–H groups in total. The molecule has 0 heterocycles. The van der Waals surface area contributed by atoms with E-state index in [9.17, 15) is 9.36 Å². The summed E-state index contributed by atoms with van der Waals surface area (Å²) in [6.45, 7) is 0. The number of carboxylic acid groups (broad SMARTS) is 1. The molecule has 0 aliphatic carbocycles. The topological polar surface area (TPSA) is 119 Å². The highest BCUT2D eigenvalue weighted by molar-refractivity contribution is 7.47. The number of hydrogen-bond acceptors (Lipinski definition) is 5. The lowest BCUT2D eigenvalue weighted by Crippen LogP contribution is -2.32. The first-order valence-corrected chi connectivity index (χ1v) is 6.49. The summed E-state index contributed by atoms with van der Waals surface area (Å²) in [5, 5.41) is 8.65. The third kappa shape index (κ3) is 4.46. The van der Waals surface area contributed by atoms with E-state index >= 15 is 0 Å². The Hall–Kier alpha value is -1.40. The normalized spacial score (nSPS) is 15.7. The van der Waals surface area contributed by atoms with Crippen molar-refractivity contribution in [1.29, 1.82) is 0 Å². The zero-order valence-corrected chi connectivity index (χ0v) is 10.5. The number of carbonyl (C=O) groups is 1. The lowest BCUT2D eigenvalue weighted by Gasteiger charge is -2.11. The highest BCUT2D eigenvalue weighted by Gasteiger charge is 2.20. The summed E-state index contributed by atoms with van der Waals surface area (Å²) < 4.78 is 20.1. The van der Waals surface area contributed by atoms with Crippen LogP contribution in [-0.4, -0.2) is 29.1 Å². The van der Waals surface area contributed by atoms with Gasteiger partial charge in [-0.15, -0.1) is 0 Å². The minimum absolute atomic E-state index is 0.148. The molecule has 1 aromatic rings. The minimum atomic E-state index is -4.07. The van der Waals surface area contributed by atoms with Gasteiger partial charge in [0.2, 0.25) is 0 Å². The van der Waals surface area contributed by atoms with Crippen molar-refractivity contribution in [2.75, 3.05) is 7.11 Å². The SMILES string of the molecule is COP(=O)(O)Oc1ccc(C[C@H](N)C(=O)O)cc1. The van der Waals surface area contributed by atoms with Crippen molar-refractivity contribution in [2.24, 2.45) is 5.73 Å². The van der Waals surface area contributed by atoms with E-state index in [0.29, 0.717) is 5.56 Å². The molecular formula is C10H14NO6P. The maximum atomic E-state index is 11.1. The number of hydrogen-bond donors (Lipinski definition) is 3. The van der Waals surface area contributed by atoms with Crippen LogP contribution in [0.15, 0.2) is 24.3 Å². The predicted octanol–water partition coefficient (Wildman–Crippen LogP) is 0.767. The third-order valence-corrected chi connectivity index (χ3v) is 3.05. The van der Waals surface area contributed by atoms with E-state index in [1.807, 2.05) is 0 Å². The van der Waals surface area contributed by atoms with Crippen molar-refractivity contribution in [3.8, 4) is 5.75 Å². The zero-order valence-electron chi connectivity index (χ0n) is 9.65. The van der Waals surface area contributed by atoms with Crippen LogP contribution in [0.3, 0.4) is 0 Å². The summed E-state index contributed by atoms with van der Waals surface area (Å²) >= 11 is 0. The Labute approximate surface area is 104 Å². The molecule has 0 saturated carbocycles. The second-order valence-corrected chi connectivity index (χ2v) is 5.02. The Morgan fingerprint density at radius 3 is 2.44 bits per heavy atom. The molecule has 0 aromatic heterocycles. The molecule has 7 nitrogen and oxygen atoms in total. The number of aliphatic carboxylic acids is 1. The molecule has 0 aliphatic heterocycles. The molecule has 0 saturated heterocycles. The number of nitrogens with two attached hydrogens (primary N) is 1. The highest BCUT2D eigenvalue weighted by Crippen LogP contribution is 2.42. The summed E-state index contributed by atoms with van der Waals surface area (Å²) in [5.41, 5.74) is 6.06. The van der Waals surface area contributed by atoms with E-state index in [2.05, 4.69) is 4.52 Å². The molecule has 0 aliphatic rings. The van der Waals surface area contributed by atoms with Crippen molar-refractivity contribution >= 4 is 13.8 Å². The van der Waals surface area contributed by atoms with Gasteiger partial charge in [0, 0.05) is 7.11 Å².